The highest BCUT2D eigenvalue weighted by Gasteiger charge is 2.15. The van der Waals surface area contributed by atoms with Gasteiger partial charge in [0, 0.05) is 5.69 Å². The van der Waals surface area contributed by atoms with Crippen LogP contribution in [0.3, 0.4) is 0 Å². The van der Waals surface area contributed by atoms with Crippen LogP contribution in [-0.2, 0) is 11.4 Å². The number of carbonyl (C=O) groups excluding carboxylic acids is 1. The van der Waals surface area contributed by atoms with E-state index >= 15 is 0 Å². The van der Waals surface area contributed by atoms with Crippen LogP contribution >= 0.6 is 15.9 Å². The quantitative estimate of drug-likeness (QED) is 0.300. The zero-order valence-corrected chi connectivity index (χ0v) is 19.4. The predicted molar refractivity (Wildman–Crippen MR) is 127 cm³/mol. The van der Waals surface area contributed by atoms with E-state index in [1.54, 1.807) is 24.3 Å². The summed E-state index contributed by atoms with van der Waals surface area (Å²) in [7, 11) is 1.46. The van der Waals surface area contributed by atoms with Crippen molar-refractivity contribution in [2.24, 2.45) is 0 Å². The number of anilines is 1. The number of halogens is 2. The number of methoxy groups -OCH3 is 1. The van der Waals surface area contributed by atoms with Crippen LogP contribution in [0.5, 0.6) is 11.5 Å². The van der Waals surface area contributed by atoms with Crippen molar-refractivity contribution in [2.75, 3.05) is 12.4 Å². The molecule has 0 unspecified atom stereocenters. The molecule has 0 aliphatic heterocycles. The largest absolute Gasteiger partial charge is 0.493 e. The summed E-state index contributed by atoms with van der Waals surface area (Å²) in [5.41, 5.74) is 1.52. The molecule has 3 aromatic carbocycles. The standard InChI is InChI=1S/C25H18BrFN2O5/c1-33-22-12-16(11-21(26)23(22)34-14-15-2-6-19(27)7-3-15)10-18(13-28)24(30)29-20-8-4-17(5-9-20)25(31)32/h2-12H,14H2,1H3,(H,29,30)(H,31,32)/b18-10+. The number of nitrogens with one attached hydrogen (secondary N) is 1. The number of carbonyl (C=O) groups is 2. The molecule has 0 spiro atoms. The number of nitrogens with zero attached hydrogens (tertiary/aromatic N) is 1. The van der Waals surface area contributed by atoms with E-state index in [1.807, 2.05) is 6.07 Å². The highest BCUT2D eigenvalue weighted by atomic mass is 79.9. The first-order valence-electron chi connectivity index (χ1n) is 9.82. The van der Waals surface area contributed by atoms with Crippen molar-refractivity contribution < 1.29 is 28.6 Å². The SMILES string of the molecule is COc1cc(/C=C(\C#N)C(=O)Nc2ccc(C(=O)O)cc2)cc(Br)c1OCc1ccc(F)cc1. The van der Waals surface area contributed by atoms with Crippen molar-refractivity contribution in [3.63, 3.8) is 0 Å². The summed E-state index contributed by atoms with van der Waals surface area (Å²) in [5, 5.41) is 21.0. The number of aromatic carboxylic acids is 1. The fourth-order valence-electron chi connectivity index (χ4n) is 2.91. The number of carboxylic acids is 1. The van der Waals surface area contributed by atoms with E-state index in [1.165, 1.54) is 49.6 Å². The first-order valence-corrected chi connectivity index (χ1v) is 10.6. The van der Waals surface area contributed by atoms with E-state index in [-0.39, 0.29) is 23.6 Å². The zero-order valence-electron chi connectivity index (χ0n) is 17.8. The third kappa shape index (κ3) is 6.21. The number of benzene rings is 3. The normalized spacial score (nSPS) is 10.8. The molecule has 3 aromatic rings. The van der Waals surface area contributed by atoms with Crippen LogP contribution in [0.25, 0.3) is 6.08 Å². The lowest BCUT2D eigenvalue weighted by molar-refractivity contribution is -0.112. The lowest BCUT2D eigenvalue weighted by Crippen LogP contribution is -2.13. The molecule has 34 heavy (non-hydrogen) atoms. The third-order valence-corrected chi connectivity index (χ3v) is 5.20. The number of ether oxygens (including phenoxy) is 2. The van der Waals surface area contributed by atoms with Crippen molar-refractivity contribution in [1.82, 2.24) is 0 Å². The van der Waals surface area contributed by atoms with Crippen LogP contribution in [0.1, 0.15) is 21.5 Å². The maximum atomic E-state index is 13.1. The van der Waals surface area contributed by atoms with Gasteiger partial charge in [-0.1, -0.05) is 12.1 Å². The number of carboxylic acid groups (broad SMARTS) is 1. The number of hydrogen-bond donors (Lipinski definition) is 2. The lowest BCUT2D eigenvalue weighted by atomic mass is 10.1. The molecule has 0 saturated carbocycles. The Morgan fingerprint density at radius 3 is 2.41 bits per heavy atom. The third-order valence-electron chi connectivity index (χ3n) is 4.61. The minimum absolute atomic E-state index is 0.0766. The molecule has 2 N–H and O–H groups in total. The molecule has 0 heterocycles. The maximum Gasteiger partial charge on any atom is 0.335 e. The summed E-state index contributed by atoms with van der Waals surface area (Å²) in [6.45, 7) is 0.178. The maximum absolute atomic E-state index is 13.1. The van der Waals surface area contributed by atoms with Crippen LogP contribution in [0.2, 0.25) is 0 Å². The summed E-state index contributed by atoms with van der Waals surface area (Å²) in [6.07, 6.45) is 1.39. The van der Waals surface area contributed by atoms with Gasteiger partial charge in [-0.2, -0.15) is 5.26 Å². The van der Waals surface area contributed by atoms with Gasteiger partial charge in [0.15, 0.2) is 11.5 Å². The molecule has 0 aliphatic rings. The zero-order chi connectivity index (χ0) is 24.7. The molecule has 0 saturated heterocycles. The molecule has 172 valence electrons. The van der Waals surface area contributed by atoms with E-state index < -0.39 is 11.9 Å². The second-order valence-electron chi connectivity index (χ2n) is 6.96. The van der Waals surface area contributed by atoms with Gasteiger partial charge in [-0.3, -0.25) is 4.79 Å². The van der Waals surface area contributed by atoms with E-state index in [4.69, 9.17) is 14.6 Å². The Hall–Kier alpha value is -4.16. The number of nitriles is 1. The highest BCUT2D eigenvalue weighted by Crippen LogP contribution is 2.37. The average Bonchev–Trinajstić information content (AvgIpc) is 2.82. The molecule has 0 radical (unpaired) electrons. The van der Waals surface area contributed by atoms with E-state index in [2.05, 4.69) is 21.2 Å². The predicted octanol–water partition coefficient (Wildman–Crippen LogP) is 5.42. The van der Waals surface area contributed by atoms with Crippen LogP contribution in [0.15, 0.2) is 70.7 Å². The Balaban J connectivity index is 1.78. The average molecular weight is 525 g/mol. The first kappa shape index (κ1) is 24.5. The molecule has 3 rings (SSSR count). The van der Waals surface area contributed by atoms with E-state index in [0.717, 1.165) is 5.56 Å². The summed E-state index contributed by atoms with van der Waals surface area (Å²) >= 11 is 3.42. The summed E-state index contributed by atoms with van der Waals surface area (Å²) in [6, 6.07) is 16.6. The Morgan fingerprint density at radius 1 is 1.15 bits per heavy atom. The summed E-state index contributed by atoms with van der Waals surface area (Å²) in [5.74, 6) is -1.30. The first-order chi connectivity index (χ1) is 16.3. The second kappa shape index (κ2) is 11.1. The van der Waals surface area contributed by atoms with Gasteiger partial charge in [0.25, 0.3) is 5.91 Å². The van der Waals surface area contributed by atoms with Crippen LogP contribution in [0, 0.1) is 17.1 Å². The van der Waals surface area contributed by atoms with Gasteiger partial charge in [-0.25, -0.2) is 9.18 Å². The monoisotopic (exact) mass is 524 g/mol. The molecule has 0 bridgehead atoms. The summed E-state index contributed by atoms with van der Waals surface area (Å²) < 4.78 is 24.8. The van der Waals surface area contributed by atoms with Gasteiger partial charge in [0.2, 0.25) is 0 Å². The fourth-order valence-corrected chi connectivity index (χ4v) is 3.48. The molecular formula is C25H18BrFN2O5. The molecule has 0 aliphatic carbocycles. The fraction of sp³-hybridized carbons (Fsp3) is 0.0800. The second-order valence-corrected chi connectivity index (χ2v) is 7.81. The van der Waals surface area contributed by atoms with Crippen molar-refractivity contribution in [3.05, 3.63) is 93.2 Å². The molecule has 9 heteroatoms. The van der Waals surface area contributed by atoms with Crippen LogP contribution < -0.4 is 14.8 Å². The number of amides is 1. The Morgan fingerprint density at radius 2 is 1.82 bits per heavy atom. The highest BCUT2D eigenvalue weighted by molar-refractivity contribution is 9.10. The topological polar surface area (TPSA) is 109 Å². The van der Waals surface area contributed by atoms with Gasteiger partial charge in [0.1, 0.15) is 24.1 Å². The van der Waals surface area contributed by atoms with E-state index in [9.17, 15) is 19.2 Å². The smallest absolute Gasteiger partial charge is 0.335 e. The van der Waals surface area contributed by atoms with Crippen molar-refractivity contribution in [2.45, 2.75) is 6.61 Å². The number of rotatable bonds is 8. The van der Waals surface area contributed by atoms with Gasteiger partial charge in [-0.15, -0.1) is 0 Å². The van der Waals surface area contributed by atoms with Gasteiger partial charge in [-0.05, 0) is 81.7 Å². The Kier molecular flexibility index (Phi) is 8.01. The lowest BCUT2D eigenvalue weighted by Gasteiger charge is -2.14. The number of hydrogen-bond acceptors (Lipinski definition) is 5. The van der Waals surface area contributed by atoms with Crippen molar-refractivity contribution in [1.29, 1.82) is 5.26 Å². The Bertz CT molecular complexity index is 1280. The van der Waals surface area contributed by atoms with Gasteiger partial charge < -0.3 is 19.9 Å². The van der Waals surface area contributed by atoms with Crippen molar-refractivity contribution in [3.8, 4) is 17.6 Å². The van der Waals surface area contributed by atoms with Gasteiger partial charge >= 0.3 is 5.97 Å². The molecule has 7 nitrogen and oxygen atoms in total. The Labute approximate surface area is 203 Å². The van der Waals surface area contributed by atoms with Gasteiger partial charge in [0.05, 0.1) is 17.1 Å². The van der Waals surface area contributed by atoms with Crippen LogP contribution in [0.4, 0.5) is 10.1 Å². The molecule has 0 atom stereocenters. The van der Waals surface area contributed by atoms with Crippen LogP contribution in [-0.4, -0.2) is 24.1 Å². The molecule has 0 fully saturated rings. The minimum atomic E-state index is -1.08. The van der Waals surface area contributed by atoms with E-state index in [0.29, 0.717) is 27.2 Å². The van der Waals surface area contributed by atoms with Crippen molar-refractivity contribution >= 4 is 39.6 Å². The molecule has 0 aromatic heterocycles. The molecular weight excluding hydrogens is 507 g/mol. The summed E-state index contributed by atoms with van der Waals surface area (Å²) in [4.78, 5) is 23.5. The minimum Gasteiger partial charge on any atom is -0.493 e. The molecule has 1 amide bonds.